The Kier molecular flexibility index (Phi) is 3.59. The van der Waals surface area contributed by atoms with Crippen LogP contribution in [0, 0.1) is 0 Å². The van der Waals surface area contributed by atoms with Crippen molar-refractivity contribution in [2.45, 2.75) is 16.7 Å². The summed E-state index contributed by atoms with van der Waals surface area (Å²) < 4.78 is 0.989. The summed E-state index contributed by atoms with van der Waals surface area (Å²) in [5.74, 6) is 0. The van der Waals surface area contributed by atoms with Crippen LogP contribution in [-0.4, -0.2) is 15.1 Å². The van der Waals surface area contributed by atoms with Crippen LogP contribution in [0.25, 0.3) is 11.0 Å². The number of nitrogens with one attached hydrogen (secondary N) is 1. The minimum atomic E-state index is 0.0237. The minimum Gasteiger partial charge on any atom is -0.392 e. The van der Waals surface area contributed by atoms with Gasteiger partial charge in [-0.05, 0) is 29.8 Å². The number of para-hydroxylation sites is 2. The number of benzene rings is 2. The Balaban J connectivity index is 1.98. The number of aliphatic hydroxyl groups is 1. The first kappa shape index (κ1) is 12.7. The number of aliphatic hydroxyl groups excluding tert-OH is 1. The van der Waals surface area contributed by atoms with E-state index in [0.29, 0.717) is 0 Å². The molecule has 3 nitrogen and oxygen atoms in total. The summed E-state index contributed by atoms with van der Waals surface area (Å²) in [5, 5.41) is 10.2. The molecule has 3 rings (SSSR count). The van der Waals surface area contributed by atoms with Gasteiger partial charge in [-0.15, -0.1) is 0 Å². The highest BCUT2D eigenvalue weighted by Crippen LogP contribution is 2.32. The molecule has 0 fully saturated rings. The van der Waals surface area contributed by atoms with Crippen LogP contribution in [0.5, 0.6) is 0 Å². The maximum Gasteiger partial charge on any atom is 0.171 e. The quantitative estimate of drug-likeness (QED) is 0.761. The molecule has 96 valence electrons. The van der Waals surface area contributed by atoms with Gasteiger partial charge < -0.3 is 10.1 Å². The lowest BCUT2D eigenvalue weighted by Crippen LogP contribution is -1.88. The maximum absolute atomic E-state index is 9.37. The molecule has 0 aliphatic rings. The highest BCUT2D eigenvalue weighted by molar-refractivity contribution is 9.10. The van der Waals surface area contributed by atoms with E-state index in [1.54, 1.807) is 0 Å². The minimum absolute atomic E-state index is 0.0237. The van der Waals surface area contributed by atoms with Crippen molar-refractivity contribution in [2.75, 3.05) is 0 Å². The summed E-state index contributed by atoms with van der Waals surface area (Å²) in [6.07, 6.45) is 0. The number of imidazole rings is 1. The Bertz CT molecular complexity index is 693. The molecule has 0 saturated carbocycles. The fourth-order valence-electron chi connectivity index (χ4n) is 1.84. The lowest BCUT2D eigenvalue weighted by Gasteiger charge is -2.05. The summed E-state index contributed by atoms with van der Waals surface area (Å²) >= 11 is 4.97. The zero-order valence-electron chi connectivity index (χ0n) is 9.93. The fraction of sp³-hybridized carbons (Fsp3) is 0.0714. The fourth-order valence-corrected chi connectivity index (χ4v) is 3.31. The first-order chi connectivity index (χ1) is 9.26. The van der Waals surface area contributed by atoms with Crippen LogP contribution in [-0.2, 0) is 6.61 Å². The Morgan fingerprint density at radius 2 is 2.05 bits per heavy atom. The van der Waals surface area contributed by atoms with Crippen LogP contribution in [0.2, 0.25) is 0 Å². The predicted octanol–water partition coefficient (Wildman–Crippen LogP) is 3.97. The molecule has 2 N–H and O–H groups in total. The van der Waals surface area contributed by atoms with Gasteiger partial charge in [0.2, 0.25) is 0 Å². The second-order valence-electron chi connectivity index (χ2n) is 4.07. The van der Waals surface area contributed by atoms with Gasteiger partial charge in [-0.2, -0.15) is 0 Å². The first-order valence-electron chi connectivity index (χ1n) is 5.78. The van der Waals surface area contributed by atoms with Crippen LogP contribution in [0.15, 0.2) is 57.0 Å². The van der Waals surface area contributed by atoms with Crippen molar-refractivity contribution in [1.29, 1.82) is 0 Å². The van der Waals surface area contributed by atoms with Crippen LogP contribution in [0.3, 0.4) is 0 Å². The molecule has 0 unspecified atom stereocenters. The molecule has 0 amide bonds. The van der Waals surface area contributed by atoms with Crippen molar-refractivity contribution in [3.63, 3.8) is 0 Å². The lowest BCUT2D eigenvalue weighted by atomic mass is 10.2. The highest BCUT2D eigenvalue weighted by Gasteiger charge is 2.08. The van der Waals surface area contributed by atoms with Crippen molar-refractivity contribution in [1.82, 2.24) is 9.97 Å². The normalized spacial score (nSPS) is 11.1. The molecular formula is C14H11BrN2OS. The topological polar surface area (TPSA) is 48.9 Å². The van der Waals surface area contributed by atoms with Gasteiger partial charge in [0, 0.05) is 9.37 Å². The number of nitrogens with zero attached hydrogens (tertiary/aromatic N) is 1. The van der Waals surface area contributed by atoms with E-state index in [-0.39, 0.29) is 6.61 Å². The highest BCUT2D eigenvalue weighted by atomic mass is 79.9. The van der Waals surface area contributed by atoms with E-state index in [4.69, 9.17) is 0 Å². The van der Waals surface area contributed by atoms with Crippen LogP contribution >= 0.6 is 27.7 Å². The third-order valence-corrected chi connectivity index (χ3v) is 4.25. The van der Waals surface area contributed by atoms with Crippen molar-refractivity contribution >= 4 is 38.7 Å². The molecule has 0 aliphatic heterocycles. The molecule has 0 saturated heterocycles. The van der Waals surface area contributed by atoms with Gasteiger partial charge in [-0.25, -0.2) is 4.98 Å². The number of aromatic nitrogens is 2. The van der Waals surface area contributed by atoms with Crippen molar-refractivity contribution in [2.24, 2.45) is 0 Å². The number of halogens is 1. The second kappa shape index (κ2) is 5.36. The number of hydrogen-bond donors (Lipinski definition) is 2. The van der Waals surface area contributed by atoms with Gasteiger partial charge in [0.1, 0.15) is 0 Å². The van der Waals surface area contributed by atoms with Gasteiger partial charge in [0.25, 0.3) is 0 Å². The van der Waals surface area contributed by atoms with Crippen LogP contribution in [0.4, 0.5) is 0 Å². The molecular weight excluding hydrogens is 324 g/mol. The molecule has 0 radical (unpaired) electrons. The second-order valence-corrected chi connectivity index (χ2v) is 6.02. The van der Waals surface area contributed by atoms with E-state index in [9.17, 15) is 5.11 Å². The monoisotopic (exact) mass is 334 g/mol. The van der Waals surface area contributed by atoms with Crippen LogP contribution < -0.4 is 0 Å². The van der Waals surface area contributed by atoms with Gasteiger partial charge in [0.05, 0.1) is 17.6 Å². The standard InChI is InChI=1S/C14H11BrN2OS/c15-10-6-5-9(8-18)13(7-10)19-14-16-11-3-1-2-4-12(11)17-14/h1-7,18H,8H2,(H,16,17). The summed E-state index contributed by atoms with van der Waals surface area (Å²) in [7, 11) is 0. The molecule has 19 heavy (non-hydrogen) atoms. The molecule has 1 heterocycles. The van der Waals surface area contributed by atoms with Gasteiger partial charge in [-0.3, -0.25) is 0 Å². The maximum atomic E-state index is 9.37. The zero-order chi connectivity index (χ0) is 13.2. The van der Waals surface area contributed by atoms with Crippen molar-refractivity contribution < 1.29 is 5.11 Å². The van der Waals surface area contributed by atoms with E-state index >= 15 is 0 Å². The third-order valence-electron chi connectivity index (χ3n) is 2.77. The van der Waals surface area contributed by atoms with Crippen LogP contribution in [0.1, 0.15) is 5.56 Å². The van der Waals surface area contributed by atoms with Gasteiger partial charge in [0.15, 0.2) is 5.16 Å². The SMILES string of the molecule is OCc1ccc(Br)cc1Sc1nc2ccccc2[nH]1. The van der Waals surface area contributed by atoms with E-state index in [1.165, 1.54) is 11.8 Å². The number of rotatable bonds is 3. The summed E-state index contributed by atoms with van der Waals surface area (Å²) in [5.41, 5.74) is 2.87. The first-order valence-corrected chi connectivity index (χ1v) is 7.39. The largest absolute Gasteiger partial charge is 0.392 e. The number of aromatic amines is 1. The Labute approximate surface area is 123 Å². The summed E-state index contributed by atoms with van der Waals surface area (Å²) in [6.45, 7) is 0.0237. The molecule has 1 aromatic heterocycles. The van der Waals surface area contributed by atoms with Crippen molar-refractivity contribution in [3.8, 4) is 0 Å². The molecule has 3 aromatic rings. The molecule has 0 spiro atoms. The summed E-state index contributed by atoms with van der Waals surface area (Å²) in [6, 6.07) is 13.7. The number of H-pyrrole nitrogens is 1. The summed E-state index contributed by atoms with van der Waals surface area (Å²) in [4.78, 5) is 8.79. The smallest absolute Gasteiger partial charge is 0.171 e. The van der Waals surface area contributed by atoms with E-state index < -0.39 is 0 Å². The number of fused-ring (bicyclic) bond motifs is 1. The molecule has 0 aliphatic carbocycles. The Hall–Kier alpha value is -1.30. The van der Waals surface area contributed by atoms with Gasteiger partial charge >= 0.3 is 0 Å². The number of hydrogen-bond acceptors (Lipinski definition) is 3. The molecule has 0 atom stereocenters. The van der Waals surface area contributed by atoms with E-state index in [2.05, 4.69) is 25.9 Å². The predicted molar refractivity (Wildman–Crippen MR) is 80.3 cm³/mol. The average molecular weight is 335 g/mol. The van der Waals surface area contributed by atoms with E-state index in [0.717, 1.165) is 31.1 Å². The lowest BCUT2D eigenvalue weighted by molar-refractivity contribution is 0.279. The molecule has 5 heteroatoms. The Morgan fingerprint density at radius 1 is 1.21 bits per heavy atom. The average Bonchev–Trinajstić information content (AvgIpc) is 2.81. The van der Waals surface area contributed by atoms with Gasteiger partial charge in [-0.1, -0.05) is 45.9 Å². The zero-order valence-corrected chi connectivity index (χ0v) is 12.3. The van der Waals surface area contributed by atoms with Crippen molar-refractivity contribution in [3.05, 3.63) is 52.5 Å². The molecule has 2 aromatic carbocycles. The van der Waals surface area contributed by atoms with E-state index in [1.807, 2.05) is 42.5 Å². The molecule has 0 bridgehead atoms. The third kappa shape index (κ3) is 2.68. The Morgan fingerprint density at radius 3 is 2.84 bits per heavy atom.